The van der Waals surface area contributed by atoms with Crippen LogP contribution in [0.3, 0.4) is 0 Å². The van der Waals surface area contributed by atoms with Gasteiger partial charge in [-0.05, 0) is 71.6 Å². The van der Waals surface area contributed by atoms with Gasteiger partial charge in [0.25, 0.3) is 5.91 Å². The molecule has 188 valence electrons. The highest BCUT2D eigenvalue weighted by Gasteiger charge is 2.15. The summed E-state index contributed by atoms with van der Waals surface area (Å²) >= 11 is 6.31. The molecule has 3 aromatic carbocycles. The van der Waals surface area contributed by atoms with Crippen LogP contribution in [0.25, 0.3) is 22.3 Å². The predicted octanol–water partition coefficient (Wildman–Crippen LogP) is 6.59. The van der Waals surface area contributed by atoms with E-state index < -0.39 is 11.9 Å². The fourth-order valence-corrected chi connectivity index (χ4v) is 4.12. The number of halogens is 2. The van der Waals surface area contributed by atoms with Crippen LogP contribution in [0, 0.1) is 5.82 Å². The molecule has 37 heavy (non-hydrogen) atoms. The lowest BCUT2D eigenvalue weighted by Crippen LogP contribution is -2.26. The third kappa shape index (κ3) is 6.71. The number of nitrogens with one attached hydrogen (secondary N) is 2. The van der Waals surface area contributed by atoms with Gasteiger partial charge in [0.15, 0.2) is 0 Å². The molecule has 0 spiro atoms. The number of benzene rings is 3. The van der Waals surface area contributed by atoms with Gasteiger partial charge in [0.1, 0.15) is 11.5 Å². The van der Waals surface area contributed by atoms with Crippen molar-refractivity contribution in [3.05, 3.63) is 107 Å². The van der Waals surface area contributed by atoms with E-state index in [4.69, 9.17) is 16.7 Å². The number of carboxylic acid groups (broad SMARTS) is 1. The minimum atomic E-state index is -0.983. The number of amides is 1. The van der Waals surface area contributed by atoms with Crippen molar-refractivity contribution in [3.8, 4) is 22.3 Å². The fraction of sp³-hybridized carbons (Fsp3) is 0.138. The Hall–Kier alpha value is -4.23. The summed E-state index contributed by atoms with van der Waals surface area (Å²) in [5, 5.41) is 15.3. The Kier molecular flexibility index (Phi) is 8.15. The zero-order chi connectivity index (χ0) is 26.4. The number of carboxylic acids is 1. The molecule has 0 aliphatic rings. The van der Waals surface area contributed by atoms with Crippen molar-refractivity contribution in [2.45, 2.75) is 19.4 Å². The van der Waals surface area contributed by atoms with Crippen molar-refractivity contribution in [2.24, 2.45) is 0 Å². The maximum Gasteiger partial charge on any atom is 0.305 e. The summed E-state index contributed by atoms with van der Waals surface area (Å²) in [6.07, 6.45) is 1.45. The third-order valence-electron chi connectivity index (χ3n) is 5.86. The van der Waals surface area contributed by atoms with Crippen molar-refractivity contribution in [3.63, 3.8) is 0 Å². The smallest absolute Gasteiger partial charge is 0.305 e. The number of carbonyl (C=O) groups excluding carboxylic acids is 1. The minimum absolute atomic E-state index is 0.0318. The van der Waals surface area contributed by atoms with Gasteiger partial charge in [-0.2, -0.15) is 0 Å². The Morgan fingerprint density at radius 1 is 0.946 bits per heavy atom. The Morgan fingerprint density at radius 3 is 2.22 bits per heavy atom. The number of aliphatic carboxylic acids is 1. The van der Waals surface area contributed by atoms with Gasteiger partial charge in [-0.1, -0.05) is 48.0 Å². The molecule has 0 aliphatic heterocycles. The molecular weight excluding hydrogens is 493 g/mol. The first-order chi connectivity index (χ1) is 17.8. The van der Waals surface area contributed by atoms with Crippen LogP contribution < -0.4 is 10.6 Å². The number of pyridine rings is 1. The predicted molar refractivity (Wildman–Crippen MR) is 143 cm³/mol. The number of carbonyl (C=O) groups is 2. The molecule has 4 rings (SSSR count). The molecule has 3 N–H and O–H groups in total. The van der Waals surface area contributed by atoms with E-state index in [1.165, 1.54) is 12.1 Å². The molecule has 0 aliphatic carbocycles. The van der Waals surface area contributed by atoms with Gasteiger partial charge in [-0.25, -0.2) is 4.39 Å². The summed E-state index contributed by atoms with van der Waals surface area (Å²) in [5.74, 6) is -1.68. The fourth-order valence-electron chi connectivity index (χ4n) is 3.95. The second kappa shape index (κ2) is 11.7. The van der Waals surface area contributed by atoms with Crippen LogP contribution in [0.1, 0.15) is 35.4 Å². The van der Waals surface area contributed by atoms with E-state index in [1.54, 1.807) is 30.5 Å². The Balaban J connectivity index is 1.50. The van der Waals surface area contributed by atoms with E-state index in [-0.39, 0.29) is 30.5 Å². The molecule has 0 fully saturated rings. The maximum atomic E-state index is 13.2. The van der Waals surface area contributed by atoms with Crippen LogP contribution in [0.5, 0.6) is 0 Å². The van der Waals surface area contributed by atoms with Crippen LogP contribution in [-0.4, -0.2) is 28.5 Å². The van der Waals surface area contributed by atoms with E-state index >= 15 is 0 Å². The molecule has 1 atom stereocenters. The van der Waals surface area contributed by atoms with Crippen LogP contribution in [0.4, 0.5) is 10.1 Å². The lowest BCUT2D eigenvalue weighted by Gasteiger charge is -2.20. The monoisotopic (exact) mass is 517 g/mol. The lowest BCUT2D eigenvalue weighted by molar-refractivity contribution is -0.136. The number of hydrogen-bond donors (Lipinski definition) is 3. The average molecular weight is 518 g/mol. The van der Waals surface area contributed by atoms with Gasteiger partial charge in [-0.15, -0.1) is 0 Å². The van der Waals surface area contributed by atoms with Crippen molar-refractivity contribution >= 4 is 29.2 Å². The van der Waals surface area contributed by atoms with Crippen molar-refractivity contribution < 1.29 is 19.1 Å². The van der Waals surface area contributed by atoms with Crippen LogP contribution in [-0.2, 0) is 4.79 Å². The van der Waals surface area contributed by atoms with Gasteiger partial charge in [-0.3, -0.25) is 14.6 Å². The molecule has 1 aromatic heterocycles. The number of aromatic nitrogens is 1. The standard InChI is InChI=1S/C29H25ClFN3O3/c1-18(34-24-10-4-20(5-11-24)19-2-8-23(31)9-3-19)25-12-7-22(30)16-26(25)21-6-13-27(33-17-21)29(37)32-15-14-28(35)36/h2-13,16-18,34H,14-15H2,1H3,(H,32,37)(H,35,36). The Bertz CT molecular complexity index is 1390. The van der Waals surface area contributed by atoms with E-state index in [0.717, 1.165) is 33.5 Å². The highest BCUT2D eigenvalue weighted by Crippen LogP contribution is 2.33. The third-order valence-corrected chi connectivity index (χ3v) is 6.09. The molecule has 0 saturated carbocycles. The van der Waals surface area contributed by atoms with Gasteiger partial charge in [0.05, 0.1) is 6.42 Å². The summed E-state index contributed by atoms with van der Waals surface area (Å²) < 4.78 is 13.2. The number of anilines is 1. The Morgan fingerprint density at radius 2 is 1.59 bits per heavy atom. The highest BCUT2D eigenvalue weighted by atomic mass is 35.5. The highest BCUT2D eigenvalue weighted by molar-refractivity contribution is 6.30. The first kappa shape index (κ1) is 25.9. The summed E-state index contributed by atoms with van der Waals surface area (Å²) in [6, 6.07) is 23.2. The first-order valence-corrected chi connectivity index (χ1v) is 12.1. The summed E-state index contributed by atoms with van der Waals surface area (Å²) in [5.41, 5.74) is 5.71. The largest absolute Gasteiger partial charge is 0.481 e. The van der Waals surface area contributed by atoms with E-state index in [1.807, 2.05) is 49.4 Å². The van der Waals surface area contributed by atoms with Crippen LogP contribution in [0.2, 0.25) is 5.02 Å². The lowest BCUT2D eigenvalue weighted by atomic mass is 9.96. The number of hydrogen-bond acceptors (Lipinski definition) is 4. The zero-order valence-corrected chi connectivity index (χ0v) is 20.8. The summed E-state index contributed by atoms with van der Waals surface area (Å²) in [6.45, 7) is 2.07. The van der Waals surface area contributed by atoms with E-state index in [0.29, 0.717) is 5.02 Å². The second-order valence-electron chi connectivity index (χ2n) is 8.51. The Labute approximate surface area is 219 Å². The molecule has 8 heteroatoms. The summed E-state index contributed by atoms with van der Waals surface area (Å²) in [7, 11) is 0. The number of rotatable bonds is 9. The van der Waals surface area contributed by atoms with E-state index in [2.05, 4.69) is 15.6 Å². The van der Waals surface area contributed by atoms with Crippen LogP contribution >= 0.6 is 11.6 Å². The summed E-state index contributed by atoms with van der Waals surface area (Å²) in [4.78, 5) is 27.1. The first-order valence-electron chi connectivity index (χ1n) is 11.7. The average Bonchev–Trinajstić information content (AvgIpc) is 2.89. The minimum Gasteiger partial charge on any atom is -0.481 e. The van der Waals surface area contributed by atoms with Gasteiger partial charge >= 0.3 is 5.97 Å². The molecular formula is C29H25ClFN3O3. The normalized spacial score (nSPS) is 11.5. The molecule has 6 nitrogen and oxygen atoms in total. The number of nitrogens with zero attached hydrogens (tertiary/aromatic N) is 1. The molecule has 1 amide bonds. The molecule has 1 heterocycles. The quantitative estimate of drug-likeness (QED) is 0.233. The maximum absolute atomic E-state index is 13.2. The van der Waals surface area contributed by atoms with Gasteiger partial charge in [0.2, 0.25) is 0 Å². The SMILES string of the molecule is CC(Nc1ccc(-c2ccc(F)cc2)cc1)c1ccc(Cl)cc1-c1ccc(C(=O)NCCC(=O)O)nc1. The van der Waals surface area contributed by atoms with Crippen molar-refractivity contribution in [1.29, 1.82) is 0 Å². The van der Waals surface area contributed by atoms with E-state index in [9.17, 15) is 14.0 Å². The van der Waals surface area contributed by atoms with Gasteiger partial charge < -0.3 is 15.7 Å². The molecule has 1 unspecified atom stereocenters. The van der Waals surface area contributed by atoms with Crippen LogP contribution in [0.15, 0.2) is 85.1 Å². The van der Waals surface area contributed by atoms with Crippen molar-refractivity contribution in [2.75, 3.05) is 11.9 Å². The molecule has 0 bridgehead atoms. The zero-order valence-electron chi connectivity index (χ0n) is 20.0. The molecule has 0 radical (unpaired) electrons. The molecule has 4 aromatic rings. The van der Waals surface area contributed by atoms with Crippen molar-refractivity contribution in [1.82, 2.24) is 10.3 Å². The second-order valence-corrected chi connectivity index (χ2v) is 8.95. The topological polar surface area (TPSA) is 91.3 Å². The van der Waals surface area contributed by atoms with Gasteiger partial charge in [0, 0.05) is 35.1 Å². The molecule has 0 saturated heterocycles.